The van der Waals surface area contributed by atoms with Gasteiger partial charge < -0.3 is 14.1 Å². The van der Waals surface area contributed by atoms with Gasteiger partial charge in [0.1, 0.15) is 6.29 Å². The van der Waals surface area contributed by atoms with Crippen molar-refractivity contribution in [1.29, 1.82) is 0 Å². The summed E-state index contributed by atoms with van der Waals surface area (Å²) in [5, 5.41) is 0. The van der Waals surface area contributed by atoms with Gasteiger partial charge in [0.2, 0.25) is 0 Å². The van der Waals surface area contributed by atoms with Crippen molar-refractivity contribution in [3.05, 3.63) is 22.5 Å². The number of ether oxygens (including phenoxy) is 1. The average Bonchev–Trinajstić information content (AvgIpc) is 2.51. The van der Waals surface area contributed by atoms with Crippen molar-refractivity contribution in [2.24, 2.45) is 7.05 Å². The summed E-state index contributed by atoms with van der Waals surface area (Å²) in [5.41, 5.74) is 3.04. The number of esters is 1. The summed E-state index contributed by atoms with van der Waals surface area (Å²) in [6.07, 6.45) is 0.841. The Kier molecular flexibility index (Phi) is 3.52. The third kappa shape index (κ3) is 1.75. The van der Waals surface area contributed by atoms with Crippen molar-refractivity contribution in [2.45, 2.75) is 26.7 Å². The van der Waals surface area contributed by atoms with Crippen molar-refractivity contribution >= 4 is 12.3 Å². The van der Waals surface area contributed by atoms with Crippen LogP contribution in [-0.4, -0.2) is 23.9 Å². The second kappa shape index (κ2) is 4.51. The standard InChI is InChI=1S/C12H17NO3/c1-7(6-14)10-8(2)13(4)9(3)11(10)12(15)16-5/h6-7H,1-5H3. The van der Waals surface area contributed by atoms with Crippen molar-refractivity contribution in [1.82, 2.24) is 4.57 Å². The SMILES string of the molecule is COC(=O)c1c(C(C)C=O)c(C)n(C)c1C. The summed E-state index contributed by atoms with van der Waals surface area (Å²) in [5.74, 6) is -0.682. The molecule has 0 aliphatic carbocycles. The Morgan fingerprint density at radius 3 is 2.38 bits per heavy atom. The van der Waals surface area contributed by atoms with Crippen LogP contribution in [0, 0.1) is 13.8 Å². The zero-order valence-electron chi connectivity index (χ0n) is 10.3. The Balaban J connectivity index is 3.50. The normalized spacial score (nSPS) is 12.3. The van der Waals surface area contributed by atoms with E-state index in [1.54, 1.807) is 6.92 Å². The first-order valence-corrected chi connectivity index (χ1v) is 5.15. The van der Waals surface area contributed by atoms with E-state index in [9.17, 15) is 9.59 Å². The number of hydrogen-bond donors (Lipinski definition) is 0. The number of hydrogen-bond acceptors (Lipinski definition) is 3. The second-order valence-corrected chi connectivity index (χ2v) is 3.93. The minimum atomic E-state index is -0.384. The summed E-state index contributed by atoms with van der Waals surface area (Å²) >= 11 is 0. The van der Waals surface area contributed by atoms with Crippen molar-refractivity contribution < 1.29 is 14.3 Å². The van der Waals surface area contributed by atoms with E-state index in [1.807, 2.05) is 25.5 Å². The molecule has 0 aliphatic rings. The summed E-state index contributed by atoms with van der Waals surface area (Å²) in [4.78, 5) is 22.6. The highest BCUT2D eigenvalue weighted by Gasteiger charge is 2.25. The first-order chi connectivity index (χ1) is 7.45. The number of nitrogens with zero attached hydrogens (tertiary/aromatic N) is 1. The number of carbonyl (C=O) groups is 2. The van der Waals surface area contributed by atoms with Crippen LogP contribution in [0.25, 0.3) is 0 Å². The lowest BCUT2D eigenvalue weighted by Gasteiger charge is -2.07. The van der Waals surface area contributed by atoms with Crippen LogP contribution in [0.5, 0.6) is 0 Å². The van der Waals surface area contributed by atoms with Crippen LogP contribution in [0.15, 0.2) is 0 Å². The molecule has 1 aromatic rings. The van der Waals surface area contributed by atoms with E-state index in [2.05, 4.69) is 0 Å². The van der Waals surface area contributed by atoms with E-state index in [0.717, 1.165) is 23.2 Å². The summed E-state index contributed by atoms with van der Waals surface area (Å²) in [6.45, 7) is 5.52. The van der Waals surface area contributed by atoms with Gasteiger partial charge in [-0.05, 0) is 19.4 Å². The van der Waals surface area contributed by atoms with Gasteiger partial charge in [0, 0.05) is 24.4 Å². The minimum absolute atomic E-state index is 0.297. The third-order valence-electron chi connectivity index (χ3n) is 3.08. The van der Waals surface area contributed by atoms with Gasteiger partial charge >= 0.3 is 5.97 Å². The highest BCUT2D eigenvalue weighted by Crippen LogP contribution is 2.28. The molecule has 16 heavy (non-hydrogen) atoms. The molecule has 0 radical (unpaired) electrons. The molecule has 4 heteroatoms. The van der Waals surface area contributed by atoms with Crippen molar-refractivity contribution in [3.8, 4) is 0 Å². The van der Waals surface area contributed by atoms with Crippen LogP contribution in [0.1, 0.15) is 40.2 Å². The van der Waals surface area contributed by atoms with Crippen LogP contribution in [0.4, 0.5) is 0 Å². The predicted octanol–water partition coefficient (Wildman–Crippen LogP) is 1.73. The molecule has 4 nitrogen and oxygen atoms in total. The molecule has 0 aromatic carbocycles. The molecule has 0 aliphatic heterocycles. The van der Waals surface area contributed by atoms with Gasteiger partial charge in [-0.2, -0.15) is 0 Å². The fraction of sp³-hybridized carbons (Fsp3) is 0.500. The summed E-state index contributed by atoms with van der Waals surface area (Å²) in [7, 11) is 3.22. The molecular weight excluding hydrogens is 206 g/mol. The van der Waals surface area contributed by atoms with E-state index in [4.69, 9.17) is 4.74 Å². The van der Waals surface area contributed by atoms with Crippen molar-refractivity contribution in [2.75, 3.05) is 7.11 Å². The molecule has 0 saturated carbocycles. The van der Waals surface area contributed by atoms with Gasteiger partial charge in [-0.3, -0.25) is 0 Å². The Morgan fingerprint density at radius 2 is 1.94 bits per heavy atom. The lowest BCUT2D eigenvalue weighted by molar-refractivity contribution is -0.108. The van der Waals surface area contributed by atoms with Gasteiger partial charge in [-0.25, -0.2) is 4.79 Å². The van der Waals surface area contributed by atoms with Crippen molar-refractivity contribution in [3.63, 3.8) is 0 Å². The minimum Gasteiger partial charge on any atom is -0.465 e. The first kappa shape index (κ1) is 12.5. The average molecular weight is 223 g/mol. The Morgan fingerprint density at radius 1 is 1.38 bits per heavy atom. The van der Waals surface area contributed by atoms with Crippen LogP contribution >= 0.6 is 0 Å². The number of methoxy groups -OCH3 is 1. The van der Waals surface area contributed by atoms with E-state index < -0.39 is 0 Å². The van der Waals surface area contributed by atoms with Crippen LogP contribution in [0.2, 0.25) is 0 Å². The molecule has 1 aromatic heterocycles. The molecule has 0 fully saturated rings. The van der Waals surface area contributed by atoms with Crippen LogP contribution in [-0.2, 0) is 16.6 Å². The maximum absolute atomic E-state index is 11.7. The van der Waals surface area contributed by atoms with Gasteiger partial charge in [-0.1, -0.05) is 6.92 Å². The quantitative estimate of drug-likeness (QED) is 0.579. The number of aldehydes is 1. The lowest BCUT2D eigenvalue weighted by Crippen LogP contribution is -2.08. The van der Waals surface area contributed by atoms with Crippen LogP contribution in [0.3, 0.4) is 0 Å². The Hall–Kier alpha value is -1.58. The van der Waals surface area contributed by atoms with E-state index in [-0.39, 0.29) is 11.9 Å². The summed E-state index contributed by atoms with van der Waals surface area (Å²) < 4.78 is 6.66. The zero-order chi connectivity index (χ0) is 12.5. The molecule has 1 atom stereocenters. The predicted molar refractivity (Wildman–Crippen MR) is 60.7 cm³/mol. The van der Waals surface area contributed by atoms with E-state index >= 15 is 0 Å². The van der Waals surface area contributed by atoms with Gasteiger partial charge in [-0.15, -0.1) is 0 Å². The molecule has 0 saturated heterocycles. The Labute approximate surface area is 95.2 Å². The fourth-order valence-corrected chi connectivity index (χ4v) is 1.96. The molecule has 1 heterocycles. The van der Waals surface area contributed by atoms with Gasteiger partial charge in [0.15, 0.2) is 0 Å². The fourth-order valence-electron chi connectivity index (χ4n) is 1.96. The van der Waals surface area contributed by atoms with E-state index in [0.29, 0.717) is 5.56 Å². The highest BCUT2D eigenvalue weighted by molar-refractivity contribution is 5.94. The second-order valence-electron chi connectivity index (χ2n) is 3.93. The molecule has 0 bridgehead atoms. The monoisotopic (exact) mass is 223 g/mol. The molecule has 0 N–H and O–H groups in total. The first-order valence-electron chi connectivity index (χ1n) is 5.15. The lowest BCUT2D eigenvalue weighted by atomic mass is 9.97. The smallest absolute Gasteiger partial charge is 0.339 e. The molecule has 1 rings (SSSR count). The summed E-state index contributed by atoms with van der Waals surface area (Å²) in [6, 6.07) is 0. The molecule has 0 spiro atoms. The molecule has 1 unspecified atom stereocenters. The third-order valence-corrected chi connectivity index (χ3v) is 3.08. The molecule has 88 valence electrons. The largest absolute Gasteiger partial charge is 0.465 e. The van der Waals surface area contributed by atoms with Gasteiger partial charge in [0.25, 0.3) is 0 Å². The van der Waals surface area contributed by atoms with Gasteiger partial charge in [0.05, 0.1) is 12.7 Å². The zero-order valence-corrected chi connectivity index (χ0v) is 10.3. The molecule has 0 amide bonds. The topological polar surface area (TPSA) is 48.3 Å². The number of rotatable bonds is 3. The van der Waals surface area contributed by atoms with Crippen LogP contribution < -0.4 is 0 Å². The maximum atomic E-state index is 11.7. The number of carbonyl (C=O) groups excluding carboxylic acids is 2. The Bertz CT molecular complexity index is 432. The maximum Gasteiger partial charge on any atom is 0.339 e. The highest BCUT2D eigenvalue weighted by atomic mass is 16.5. The van der Waals surface area contributed by atoms with E-state index in [1.165, 1.54) is 7.11 Å². The molecular formula is C12H17NO3. The number of aromatic nitrogens is 1.